The quantitative estimate of drug-likeness (QED) is 0.838. The maximum atomic E-state index is 12.4. The highest BCUT2D eigenvalue weighted by Gasteiger charge is 2.32. The van der Waals surface area contributed by atoms with Crippen molar-refractivity contribution in [3.05, 3.63) is 69.2 Å². The number of benzene rings is 2. The van der Waals surface area contributed by atoms with Gasteiger partial charge in [-0.3, -0.25) is 4.79 Å². The first-order valence-corrected chi connectivity index (χ1v) is 9.21. The minimum absolute atomic E-state index is 0.0345. The van der Waals surface area contributed by atoms with E-state index in [4.69, 9.17) is 28.9 Å². The number of nitrogens with two attached hydrogens (primary N) is 1. The van der Waals surface area contributed by atoms with Crippen molar-refractivity contribution in [3.63, 3.8) is 0 Å². The summed E-state index contributed by atoms with van der Waals surface area (Å²) in [5, 5.41) is 1.14. The van der Waals surface area contributed by atoms with Crippen LogP contribution in [0.3, 0.4) is 0 Å². The molecule has 1 amide bonds. The van der Waals surface area contributed by atoms with Crippen LogP contribution in [0.2, 0.25) is 10.0 Å². The third kappa shape index (κ3) is 3.55. The number of rotatable bonds is 3. The van der Waals surface area contributed by atoms with Crippen molar-refractivity contribution in [2.45, 2.75) is 37.8 Å². The van der Waals surface area contributed by atoms with E-state index in [-0.39, 0.29) is 17.9 Å². The Hall–Kier alpha value is -1.55. The highest BCUT2D eigenvalue weighted by Crippen LogP contribution is 2.44. The minimum atomic E-state index is -0.495. The number of carbonyl (C=O) groups is 1. The molecule has 0 aliphatic heterocycles. The molecule has 0 spiro atoms. The largest absolute Gasteiger partial charge is 0.337 e. The molecule has 2 aromatic rings. The van der Waals surface area contributed by atoms with Crippen molar-refractivity contribution in [2.75, 3.05) is 7.05 Å². The van der Waals surface area contributed by atoms with Crippen molar-refractivity contribution in [1.29, 1.82) is 0 Å². The number of hydrogen-bond acceptors (Lipinski definition) is 2. The van der Waals surface area contributed by atoms with E-state index in [1.54, 1.807) is 11.8 Å². The van der Waals surface area contributed by atoms with Crippen LogP contribution in [0.1, 0.15) is 48.4 Å². The van der Waals surface area contributed by atoms with Gasteiger partial charge in [0.2, 0.25) is 5.91 Å². The van der Waals surface area contributed by atoms with E-state index in [1.165, 1.54) is 11.1 Å². The molecule has 0 aromatic heterocycles. The zero-order valence-electron chi connectivity index (χ0n) is 14.4. The van der Waals surface area contributed by atoms with Crippen LogP contribution < -0.4 is 5.73 Å². The summed E-state index contributed by atoms with van der Waals surface area (Å²) in [7, 11) is 1.84. The van der Waals surface area contributed by atoms with Crippen LogP contribution in [0.25, 0.3) is 0 Å². The molecular formula is C20H22Cl2N2O. The summed E-state index contributed by atoms with van der Waals surface area (Å²) in [4.78, 5) is 14.1. The van der Waals surface area contributed by atoms with Crippen LogP contribution in [0.5, 0.6) is 0 Å². The number of hydrogen-bond donors (Lipinski definition) is 1. The van der Waals surface area contributed by atoms with Gasteiger partial charge in [0.1, 0.15) is 0 Å². The van der Waals surface area contributed by atoms with Gasteiger partial charge < -0.3 is 10.6 Å². The number of halogens is 2. The molecule has 5 heteroatoms. The topological polar surface area (TPSA) is 46.3 Å². The minimum Gasteiger partial charge on any atom is -0.337 e. The average molecular weight is 377 g/mol. The van der Waals surface area contributed by atoms with E-state index in [0.29, 0.717) is 10.0 Å². The second kappa shape index (κ2) is 7.36. The Labute approximate surface area is 158 Å². The number of amides is 1. The summed E-state index contributed by atoms with van der Waals surface area (Å²) < 4.78 is 0. The Kier molecular flexibility index (Phi) is 5.38. The Morgan fingerprint density at radius 2 is 1.80 bits per heavy atom. The molecule has 0 saturated carbocycles. The lowest BCUT2D eigenvalue weighted by Gasteiger charge is -2.37. The molecule has 3 nitrogen and oxygen atoms in total. The first-order valence-electron chi connectivity index (χ1n) is 8.46. The average Bonchev–Trinajstić information content (AvgIpc) is 2.62. The van der Waals surface area contributed by atoms with Gasteiger partial charge in [0.15, 0.2) is 0 Å². The van der Waals surface area contributed by atoms with Crippen LogP contribution in [0.4, 0.5) is 0 Å². The molecule has 0 radical (unpaired) electrons. The van der Waals surface area contributed by atoms with Crippen molar-refractivity contribution in [3.8, 4) is 0 Å². The Morgan fingerprint density at radius 1 is 1.12 bits per heavy atom. The molecule has 0 fully saturated rings. The van der Waals surface area contributed by atoms with Crippen molar-refractivity contribution >= 4 is 29.1 Å². The fourth-order valence-electron chi connectivity index (χ4n) is 3.72. The van der Waals surface area contributed by atoms with Gasteiger partial charge in [0.25, 0.3) is 0 Å². The zero-order valence-corrected chi connectivity index (χ0v) is 15.9. The molecule has 3 atom stereocenters. The van der Waals surface area contributed by atoms with Crippen LogP contribution in [-0.2, 0) is 4.79 Å². The molecule has 2 aromatic carbocycles. The van der Waals surface area contributed by atoms with Gasteiger partial charge in [0, 0.05) is 13.0 Å². The Bertz CT molecular complexity index is 791. The molecule has 1 aliphatic rings. The fourth-order valence-corrected chi connectivity index (χ4v) is 4.03. The molecule has 132 valence electrons. The van der Waals surface area contributed by atoms with Crippen molar-refractivity contribution < 1.29 is 4.79 Å². The highest BCUT2D eigenvalue weighted by molar-refractivity contribution is 6.42. The number of nitrogens with zero attached hydrogens (tertiary/aromatic N) is 1. The van der Waals surface area contributed by atoms with Crippen molar-refractivity contribution in [2.24, 2.45) is 5.73 Å². The Morgan fingerprint density at radius 3 is 2.44 bits per heavy atom. The Balaban J connectivity index is 1.99. The van der Waals surface area contributed by atoms with Gasteiger partial charge in [-0.05, 0) is 48.6 Å². The molecule has 25 heavy (non-hydrogen) atoms. The van der Waals surface area contributed by atoms with Gasteiger partial charge in [-0.25, -0.2) is 0 Å². The molecule has 1 aliphatic carbocycles. The molecule has 0 bridgehead atoms. The maximum absolute atomic E-state index is 12.4. The van der Waals surface area contributed by atoms with E-state index < -0.39 is 6.04 Å². The fraction of sp³-hybridized carbons (Fsp3) is 0.350. The van der Waals surface area contributed by atoms with Gasteiger partial charge in [-0.15, -0.1) is 0 Å². The lowest BCUT2D eigenvalue weighted by Crippen LogP contribution is -2.42. The first kappa shape index (κ1) is 18.2. The maximum Gasteiger partial charge on any atom is 0.239 e. The van der Waals surface area contributed by atoms with Crippen LogP contribution >= 0.6 is 23.2 Å². The molecular weight excluding hydrogens is 355 g/mol. The van der Waals surface area contributed by atoms with E-state index in [2.05, 4.69) is 12.1 Å². The van der Waals surface area contributed by atoms with Crippen LogP contribution in [0, 0.1) is 0 Å². The number of carbonyl (C=O) groups excluding carboxylic acids is 1. The number of fused-ring (bicyclic) bond motifs is 1. The first-order chi connectivity index (χ1) is 11.9. The summed E-state index contributed by atoms with van der Waals surface area (Å²) in [6, 6.07) is 13.7. The molecule has 3 unspecified atom stereocenters. The monoisotopic (exact) mass is 376 g/mol. The molecule has 3 rings (SSSR count). The van der Waals surface area contributed by atoms with Crippen molar-refractivity contribution in [1.82, 2.24) is 4.90 Å². The second-order valence-electron chi connectivity index (χ2n) is 6.69. The molecule has 2 N–H and O–H groups in total. The van der Waals surface area contributed by atoms with E-state index in [1.807, 2.05) is 37.4 Å². The van der Waals surface area contributed by atoms with Gasteiger partial charge in [-0.2, -0.15) is 0 Å². The van der Waals surface area contributed by atoms with E-state index >= 15 is 0 Å². The van der Waals surface area contributed by atoms with Gasteiger partial charge >= 0.3 is 0 Å². The number of likely N-dealkylation sites (N-methyl/N-ethyl adjacent to an activating group) is 1. The highest BCUT2D eigenvalue weighted by atomic mass is 35.5. The summed E-state index contributed by atoms with van der Waals surface area (Å²) in [5.74, 6) is 0.216. The summed E-state index contributed by atoms with van der Waals surface area (Å²) >= 11 is 12.3. The smallest absolute Gasteiger partial charge is 0.239 e. The summed E-state index contributed by atoms with van der Waals surface area (Å²) in [6.07, 6.45) is 1.83. The second-order valence-corrected chi connectivity index (χ2v) is 7.50. The third-order valence-corrected chi connectivity index (χ3v) is 5.75. The SMILES string of the molecule is CC(N)C(=O)N(C)C1CCC(c2ccc(Cl)c(Cl)c2)c2ccccc21. The summed E-state index contributed by atoms with van der Waals surface area (Å²) in [6.45, 7) is 1.73. The predicted octanol–water partition coefficient (Wildman–Crippen LogP) is 4.77. The normalized spacial score (nSPS) is 20.7. The van der Waals surface area contributed by atoms with E-state index in [9.17, 15) is 4.79 Å². The van der Waals surface area contributed by atoms with E-state index in [0.717, 1.165) is 18.4 Å². The van der Waals surface area contributed by atoms with Gasteiger partial charge in [-0.1, -0.05) is 53.5 Å². The summed E-state index contributed by atoms with van der Waals surface area (Å²) in [5.41, 5.74) is 9.37. The lowest BCUT2D eigenvalue weighted by atomic mass is 9.76. The molecule has 0 heterocycles. The predicted molar refractivity (Wildman–Crippen MR) is 103 cm³/mol. The van der Waals surface area contributed by atoms with Gasteiger partial charge in [0.05, 0.1) is 22.1 Å². The third-order valence-electron chi connectivity index (χ3n) is 5.01. The lowest BCUT2D eigenvalue weighted by molar-refractivity contribution is -0.133. The standard InChI is InChI=1S/C20H22Cl2N2O/c1-12(23)20(25)24(2)19-10-8-14(15-5-3-4-6-16(15)19)13-7-9-17(21)18(22)11-13/h3-7,9,11-12,14,19H,8,10,23H2,1-2H3. The zero-order chi connectivity index (χ0) is 18.1. The van der Waals surface area contributed by atoms with Crippen LogP contribution in [0.15, 0.2) is 42.5 Å². The molecule has 0 saturated heterocycles. The van der Waals surface area contributed by atoms with Crippen LogP contribution in [-0.4, -0.2) is 23.9 Å².